The van der Waals surface area contributed by atoms with Crippen LogP contribution in [0.15, 0.2) is 41.4 Å². The van der Waals surface area contributed by atoms with Gasteiger partial charge in [0.1, 0.15) is 5.65 Å². The minimum atomic E-state index is 0.580. The Labute approximate surface area is 166 Å². The predicted molar refractivity (Wildman–Crippen MR) is 118 cm³/mol. The molecule has 1 fully saturated rings. The fourth-order valence-electron chi connectivity index (χ4n) is 4.32. The maximum absolute atomic E-state index is 4.65. The molecule has 4 heteroatoms. The van der Waals surface area contributed by atoms with E-state index in [1.54, 1.807) is 11.8 Å². The Morgan fingerprint density at radius 2 is 1.93 bits per heavy atom. The van der Waals surface area contributed by atoms with Crippen molar-refractivity contribution in [2.75, 3.05) is 11.6 Å². The van der Waals surface area contributed by atoms with Gasteiger partial charge in [0.2, 0.25) is 0 Å². The van der Waals surface area contributed by atoms with Crippen molar-refractivity contribution in [3.05, 3.63) is 42.2 Å². The summed E-state index contributed by atoms with van der Waals surface area (Å²) in [6.07, 6.45) is 10.7. The summed E-state index contributed by atoms with van der Waals surface area (Å²) in [5, 5.41) is 5.07. The number of nitrogens with zero attached hydrogens (tertiary/aromatic N) is 1. The third-order valence-electron chi connectivity index (χ3n) is 5.96. The lowest BCUT2D eigenvalue weighted by molar-refractivity contribution is 0.330. The largest absolute Gasteiger partial charge is 0.382 e. The van der Waals surface area contributed by atoms with Crippen molar-refractivity contribution in [3.63, 3.8) is 0 Å². The number of benzene rings is 1. The van der Waals surface area contributed by atoms with Gasteiger partial charge >= 0.3 is 0 Å². The number of hydrogen-bond donors (Lipinski definition) is 2. The zero-order valence-corrected chi connectivity index (χ0v) is 17.3. The summed E-state index contributed by atoms with van der Waals surface area (Å²) in [5.41, 5.74) is 5.81. The van der Waals surface area contributed by atoms with E-state index in [0.29, 0.717) is 6.04 Å². The summed E-state index contributed by atoms with van der Waals surface area (Å²) in [7, 11) is 0. The number of rotatable bonds is 5. The van der Waals surface area contributed by atoms with Crippen LogP contribution in [0.5, 0.6) is 0 Å². The van der Waals surface area contributed by atoms with Crippen molar-refractivity contribution in [1.82, 2.24) is 9.97 Å². The molecule has 0 unspecified atom stereocenters. The molecule has 2 N–H and O–H groups in total. The highest BCUT2D eigenvalue weighted by Crippen LogP contribution is 2.38. The van der Waals surface area contributed by atoms with Crippen LogP contribution in [0.1, 0.15) is 44.7 Å². The fraction of sp³-hybridized carbons (Fsp3) is 0.435. The SMILES string of the molecule is CCC1CCC(Nc2ccc(SC)cc2-c2cc(C)nc3[nH]ccc23)CC1. The average Bonchev–Trinajstić information content (AvgIpc) is 3.16. The molecule has 2 heterocycles. The van der Waals surface area contributed by atoms with Gasteiger partial charge in [-0.1, -0.05) is 13.3 Å². The number of aromatic nitrogens is 2. The summed E-state index contributed by atoms with van der Waals surface area (Å²) in [5.74, 6) is 0.920. The second kappa shape index (κ2) is 7.97. The zero-order chi connectivity index (χ0) is 18.8. The van der Waals surface area contributed by atoms with Gasteiger partial charge in [0, 0.05) is 39.5 Å². The number of aryl methyl sites for hydroxylation is 1. The number of pyridine rings is 1. The van der Waals surface area contributed by atoms with Crippen molar-refractivity contribution in [3.8, 4) is 11.1 Å². The van der Waals surface area contributed by atoms with Crippen molar-refractivity contribution < 1.29 is 0 Å². The molecule has 3 aromatic rings. The first kappa shape index (κ1) is 18.4. The quantitative estimate of drug-likeness (QED) is 0.488. The van der Waals surface area contributed by atoms with E-state index in [2.05, 4.69) is 65.7 Å². The molecule has 0 spiro atoms. The lowest BCUT2D eigenvalue weighted by Crippen LogP contribution is -2.26. The van der Waals surface area contributed by atoms with Crippen LogP contribution in [-0.4, -0.2) is 22.3 Å². The standard InChI is InChI=1S/C23H29N3S/c1-4-16-5-7-17(8-6-16)26-22-10-9-18(27-3)14-21(22)20-13-15(2)25-23-19(20)11-12-24-23/h9-14,16-17,26H,4-8H2,1-3H3,(H,24,25). The maximum atomic E-state index is 4.65. The summed E-state index contributed by atoms with van der Waals surface area (Å²) in [4.78, 5) is 9.22. The lowest BCUT2D eigenvalue weighted by Gasteiger charge is -2.30. The van der Waals surface area contributed by atoms with E-state index in [1.807, 2.05) is 6.20 Å². The second-order valence-electron chi connectivity index (χ2n) is 7.73. The summed E-state index contributed by atoms with van der Waals surface area (Å²) in [6.45, 7) is 4.40. The molecule has 0 amide bonds. The van der Waals surface area contributed by atoms with Gasteiger partial charge in [-0.2, -0.15) is 0 Å². The number of hydrogen-bond acceptors (Lipinski definition) is 3. The van der Waals surface area contributed by atoms with Crippen LogP contribution in [0, 0.1) is 12.8 Å². The average molecular weight is 380 g/mol. The first-order chi connectivity index (χ1) is 13.2. The van der Waals surface area contributed by atoms with Crippen molar-refractivity contribution in [2.24, 2.45) is 5.92 Å². The molecule has 1 aliphatic carbocycles. The Balaban J connectivity index is 1.72. The first-order valence-corrected chi connectivity index (χ1v) is 11.3. The van der Waals surface area contributed by atoms with E-state index in [1.165, 1.54) is 59.2 Å². The van der Waals surface area contributed by atoms with Gasteiger partial charge in [-0.25, -0.2) is 4.98 Å². The molecule has 1 aromatic carbocycles. The molecule has 27 heavy (non-hydrogen) atoms. The van der Waals surface area contributed by atoms with Gasteiger partial charge in [-0.15, -0.1) is 11.8 Å². The van der Waals surface area contributed by atoms with E-state index in [4.69, 9.17) is 0 Å². The molecular formula is C23H29N3S. The molecular weight excluding hydrogens is 350 g/mol. The number of nitrogens with one attached hydrogen (secondary N) is 2. The maximum Gasteiger partial charge on any atom is 0.138 e. The zero-order valence-electron chi connectivity index (χ0n) is 16.5. The number of anilines is 1. The van der Waals surface area contributed by atoms with Gasteiger partial charge in [-0.3, -0.25) is 0 Å². The summed E-state index contributed by atoms with van der Waals surface area (Å²) >= 11 is 1.80. The predicted octanol–water partition coefficient (Wildman–Crippen LogP) is 6.64. The number of fused-ring (bicyclic) bond motifs is 1. The second-order valence-corrected chi connectivity index (χ2v) is 8.61. The summed E-state index contributed by atoms with van der Waals surface area (Å²) in [6, 6.07) is 11.8. The third-order valence-corrected chi connectivity index (χ3v) is 6.68. The molecule has 0 aliphatic heterocycles. The van der Waals surface area contributed by atoms with Crippen LogP contribution in [0.2, 0.25) is 0 Å². The molecule has 3 nitrogen and oxygen atoms in total. The van der Waals surface area contributed by atoms with Crippen LogP contribution >= 0.6 is 11.8 Å². The van der Waals surface area contributed by atoms with E-state index in [0.717, 1.165) is 17.3 Å². The Morgan fingerprint density at radius 1 is 1.11 bits per heavy atom. The highest BCUT2D eigenvalue weighted by molar-refractivity contribution is 7.98. The van der Waals surface area contributed by atoms with Crippen molar-refractivity contribution >= 4 is 28.5 Å². The Bertz CT molecular complexity index is 923. The third kappa shape index (κ3) is 3.86. The van der Waals surface area contributed by atoms with Crippen LogP contribution in [0.4, 0.5) is 5.69 Å². The van der Waals surface area contributed by atoms with E-state index in [-0.39, 0.29) is 0 Å². The molecule has 4 rings (SSSR count). The van der Waals surface area contributed by atoms with Gasteiger partial charge in [-0.05, 0) is 80.7 Å². The molecule has 1 aliphatic rings. The monoisotopic (exact) mass is 379 g/mol. The number of H-pyrrole nitrogens is 1. The number of thioether (sulfide) groups is 1. The number of aromatic amines is 1. The van der Waals surface area contributed by atoms with E-state index < -0.39 is 0 Å². The Kier molecular flexibility index (Phi) is 5.44. The van der Waals surface area contributed by atoms with Crippen molar-refractivity contribution in [1.29, 1.82) is 0 Å². The van der Waals surface area contributed by atoms with Gasteiger partial charge in [0.05, 0.1) is 0 Å². The Morgan fingerprint density at radius 3 is 2.67 bits per heavy atom. The molecule has 142 valence electrons. The molecule has 0 radical (unpaired) electrons. The van der Waals surface area contributed by atoms with Crippen molar-refractivity contribution in [2.45, 2.75) is 56.9 Å². The molecule has 0 atom stereocenters. The molecule has 2 aromatic heterocycles. The molecule has 0 saturated heterocycles. The minimum absolute atomic E-state index is 0.580. The van der Waals surface area contributed by atoms with Crippen LogP contribution < -0.4 is 5.32 Å². The van der Waals surface area contributed by atoms with E-state index in [9.17, 15) is 0 Å². The Hall–Kier alpha value is -1.94. The summed E-state index contributed by atoms with van der Waals surface area (Å²) < 4.78 is 0. The minimum Gasteiger partial charge on any atom is -0.382 e. The smallest absolute Gasteiger partial charge is 0.138 e. The molecule has 1 saturated carbocycles. The van der Waals surface area contributed by atoms with Gasteiger partial charge in [0.25, 0.3) is 0 Å². The highest BCUT2D eigenvalue weighted by Gasteiger charge is 2.21. The molecule has 0 bridgehead atoms. The lowest BCUT2D eigenvalue weighted by atomic mass is 9.84. The fourth-order valence-corrected chi connectivity index (χ4v) is 4.76. The topological polar surface area (TPSA) is 40.7 Å². The van der Waals surface area contributed by atoms with Crippen LogP contribution in [0.3, 0.4) is 0 Å². The van der Waals surface area contributed by atoms with Crippen LogP contribution in [0.25, 0.3) is 22.2 Å². The van der Waals surface area contributed by atoms with E-state index >= 15 is 0 Å². The first-order valence-electron chi connectivity index (χ1n) is 10.1. The van der Waals surface area contributed by atoms with Gasteiger partial charge < -0.3 is 10.3 Å². The normalized spacial score (nSPS) is 20.1. The van der Waals surface area contributed by atoms with Gasteiger partial charge in [0.15, 0.2) is 0 Å². The highest BCUT2D eigenvalue weighted by atomic mass is 32.2. The van der Waals surface area contributed by atoms with Crippen LogP contribution in [-0.2, 0) is 0 Å².